The van der Waals surface area contributed by atoms with Gasteiger partial charge >= 0.3 is 6.18 Å². The molecule has 0 bridgehead atoms. The minimum Gasteiger partial charge on any atom is -0.268 e. The first-order valence-electron chi connectivity index (χ1n) is 7.81. The van der Waals surface area contributed by atoms with E-state index in [1.807, 2.05) is 0 Å². The van der Waals surface area contributed by atoms with Crippen LogP contribution in [0, 0.1) is 10.1 Å². The van der Waals surface area contributed by atoms with Crippen molar-refractivity contribution in [3.63, 3.8) is 0 Å². The molecule has 0 N–H and O–H groups in total. The molecule has 1 aliphatic heterocycles. The van der Waals surface area contributed by atoms with Crippen LogP contribution in [0.25, 0.3) is 6.08 Å². The fourth-order valence-electron chi connectivity index (χ4n) is 2.46. The van der Waals surface area contributed by atoms with E-state index in [2.05, 4.69) is 0 Å². The highest BCUT2D eigenvalue weighted by Crippen LogP contribution is 2.34. The Labute approximate surface area is 160 Å². The highest BCUT2D eigenvalue weighted by atomic mass is 32.2. The number of rotatable bonds is 4. The van der Waals surface area contributed by atoms with Gasteiger partial charge in [-0.3, -0.25) is 24.6 Å². The number of carbonyl (C=O) groups excluding carboxylic acids is 2. The number of nitro benzene ring substituents is 1. The second-order valence-electron chi connectivity index (χ2n) is 5.81. The van der Waals surface area contributed by atoms with Crippen LogP contribution in [-0.2, 0) is 17.5 Å². The zero-order chi connectivity index (χ0) is 20.5. The predicted octanol–water partition coefficient (Wildman–Crippen LogP) is 4.85. The molecule has 0 unspecified atom stereocenters. The molecule has 0 radical (unpaired) electrons. The van der Waals surface area contributed by atoms with Gasteiger partial charge in [-0.15, -0.1) is 0 Å². The van der Waals surface area contributed by atoms with Crippen molar-refractivity contribution in [2.75, 3.05) is 0 Å². The molecule has 10 heteroatoms. The van der Waals surface area contributed by atoms with Crippen LogP contribution in [-0.4, -0.2) is 21.0 Å². The molecule has 0 saturated carbocycles. The van der Waals surface area contributed by atoms with Gasteiger partial charge in [0.1, 0.15) is 0 Å². The van der Waals surface area contributed by atoms with Gasteiger partial charge in [-0.25, -0.2) is 0 Å². The van der Waals surface area contributed by atoms with E-state index in [4.69, 9.17) is 0 Å². The summed E-state index contributed by atoms with van der Waals surface area (Å²) >= 11 is 0.682. The number of nitrogens with zero attached hydrogens (tertiary/aromatic N) is 2. The zero-order valence-corrected chi connectivity index (χ0v) is 14.8. The molecule has 2 aromatic rings. The fourth-order valence-corrected chi connectivity index (χ4v) is 3.30. The van der Waals surface area contributed by atoms with Crippen LogP contribution in [0.5, 0.6) is 0 Å². The Hall–Kier alpha value is -3.14. The number of amides is 2. The van der Waals surface area contributed by atoms with E-state index in [1.54, 1.807) is 0 Å². The van der Waals surface area contributed by atoms with Crippen LogP contribution in [0.2, 0.25) is 0 Å². The third kappa shape index (κ3) is 4.22. The highest BCUT2D eigenvalue weighted by molar-refractivity contribution is 8.18. The van der Waals surface area contributed by atoms with Gasteiger partial charge in [0, 0.05) is 12.1 Å². The van der Waals surface area contributed by atoms with E-state index in [1.165, 1.54) is 42.5 Å². The number of carbonyl (C=O) groups is 2. The summed E-state index contributed by atoms with van der Waals surface area (Å²) in [6, 6.07) is 9.65. The summed E-state index contributed by atoms with van der Waals surface area (Å²) < 4.78 is 37.8. The Morgan fingerprint density at radius 2 is 1.64 bits per heavy atom. The lowest BCUT2D eigenvalue weighted by Crippen LogP contribution is -2.27. The number of thioether (sulfide) groups is 1. The Bertz CT molecular complexity index is 970. The first-order chi connectivity index (χ1) is 13.1. The molecule has 0 atom stereocenters. The average Bonchev–Trinajstić information content (AvgIpc) is 2.89. The minimum absolute atomic E-state index is 0.0625. The van der Waals surface area contributed by atoms with Gasteiger partial charge in [-0.05, 0) is 41.1 Å². The van der Waals surface area contributed by atoms with Crippen LogP contribution in [0.3, 0.4) is 0 Å². The molecule has 1 heterocycles. The van der Waals surface area contributed by atoms with E-state index in [9.17, 15) is 32.9 Å². The molecule has 6 nitrogen and oxygen atoms in total. The summed E-state index contributed by atoms with van der Waals surface area (Å²) in [7, 11) is 0. The standard InChI is InChI=1S/C18H11F3N2O4S/c19-18(20,21)13-5-1-11(2-6-13)9-15-16(24)22(17(25)28-15)10-12-3-7-14(8-4-12)23(26)27/h1-9H,10H2. The van der Waals surface area contributed by atoms with Gasteiger partial charge in [0.25, 0.3) is 16.8 Å². The number of non-ortho nitro benzene ring substituents is 1. The maximum Gasteiger partial charge on any atom is 0.416 e. The molecule has 1 saturated heterocycles. The number of benzene rings is 2. The fraction of sp³-hybridized carbons (Fsp3) is 0.111. The van der Waals surface area contributed by atoms with Crippen LogP contribution >= 0.6 is 11.8 Å². The third-order valence-corrected chi connectivity index (χ3v) is 4.80. The first kappa shape index (κ1) is 19.6. The van der Waals surface area contributed by atoms with Gasteiger partial charge in [-0.1, -0.05) is 24.3 Å². The van der Waals surface area contributed by atoms with Crippen LogP contribution in [0.1, 0.15) is 16.7 Å². The van der Waals surface area contributed by atoms with Crippen molar-refractivity contribution in [2.24, 2.45) is 0 Å². The molecule has 0 aliphatic carbocycles. The van der Waals surface area contributed by atoms with E-state index in [-0.39, 0.29) is 17.1 Å². The van der Waals surface area contributed by atoms with Gasteiger partial charge < -0.3 is 0 Å². The van der Waals surface area contributed by atoms with Gasteiger partial charge in [0.2, 0.25) is 0 Å². The van der Waals surface area contributed by atoms with E-state index in [0.717, 1.165) is 17.0 Å². The van der Waals surface area contributed by atoms with Crippen molar-refractivity contribution in [1.82, 2.24) is 4.90 Å². The first-order valence-corrected chi connectivity index (χ1v) is 8.63. The number of nitro groups is 1. The van der Waals surface area contributed by atoms with Gasteiger partial charge in [0.15, 0.2) is 0 Å². The van der Waals surface area contributed by atoms with E-state index < -0.39 is 27.8 Å². The van der Waals surface area contributed by atoms with Crippen LogP contribution in [0.4, 0.5) is 23.7 Å². The monoisotopic (exact) mass is 408 g/mol. The van der Waals surface area contributed by atoms with Gasteiger partial charge in [0.05, 0.1) is 21.9 Å². The van der Waals surface area contributed by atoms with E-state index in [0.29, 0.717) is 22.9 Å². The summed E-state index contributed by atoms with van der Waals surface area (Å²) in [5.41, 5.74) is -0.0338. The number of halogens is 3. The molecule has 28 heavy (non-hydrogen) atoms. The number of hydrogen-bond donors (Lipinski definition) is 0. The topological polar surface area (TPSA) is 80.5 Å². The lowest BCUT2D eigenvalue weighted by Gasteiger charge is -2.12. The SMILES string of the molecule is O=C1SC(=Cc2ccc(C(F)(F)F)cc2)C(=O)N1Cc1ccc([N+](=O)[O-])cc1. The molecule has 1 fully saturated rings. The number of hydrogen-bond acceptors (Lipinski definition) is 5. The van der Waals surface area contributed by atoms with Crippen molar-refractivity contribution >= 4 is 34.7 Å². The van der Waals surface area contributed by atoms with Crippen LogP contribution in [0.15, 0.2) is 53.4 Å². The highest BCUT2D eigenvalue weighted by Gasteiger charge is 2.35. The number of imide groups is 1. The summed E-state index contributed by atoms with van der Waals surface area (Å²) in [4.78, 5) is 35.7. The Morgan fingerprint density at radius 1 is 1.04 bits per heavy atom. The molecular formula is C18H11F3N2O4S. The average molecular weight is 408 g/mol. The molecular weight excluding hydrogens is 397 g/mol. The Kier molecular flexibility index (Phi) is 5.23. The Balaban J connectivity index is 1.75. The smallest absolute Gasteiger partial charge is 0.268 e. The maximum atomic E-state index is 12.6. The van der Waals surface area contributed by atoms with Crippen molar-refractivity contribution in [3.8, 4) is 0 Å². The molecule has 3 rings (SSSR count). The van der Waals surface area contributed by atoms with Crippen LogP contribution < -0.4 is 0 Å². The second-order valence-corrected chi connectivity index (χ2v) is 6.80. The zero-order valence-electron chi connectivity index (χ0n) is 14.0. The van der Waals surface area contributed by atoms with Crippen molar-refractivity contribution in [1.29, 1.82) is 0 Å². The molecule has 2 aromatic carbocycles. The molecule has 2 amide bonds. The Morgan fingerprint density at radius 3 is 2.18 bits per heavy atom. The van der Waals surface area contributed by atoms with E-state index >= 15 is 0 Å². The molecule has 1 aliphatic rings. The summed E-state index contributed by atoms with van der Waals surface area (Å²) in [5.74, 6) is -0.576. The second kappa shape index (κ2) is 7.47. The summed E-state index contributed by atoms with van der Waals surface area (Å²) in [6.45, 7) is -0.0625. The normalized spacial score (nSPS) is 16.1. The molecule has 0 aromatic heterocycles. The maximum absolute atomic E-state index is 12.6. The quantitative estimate of drug-likeness (QED) is 0.410. The summed E-state index contributed by atoms with van der Waals surface area (Å²) in [5, 5.41) is 10.1. The lowest BCUT2D eigenvalue weighted by atomic mass is 10.1. The van der Waals surface area contributed by atoms with Crippen molar-refractivity contribution < 1.29 is 27.7 Å². The van der Waals surface area contributed by atoms with Crippen molar-refractivity contribution in [3.05, 3.63) is 80.2 Å². The predicted molar refractivity (Wildman–Crippen MR) is 96.1 cm³/mol. The minimum atomic E-state index is -4.46. The summed E-state index contributed by atoms with van der Waals surface area (Å²) in [6.07, 6.45) is -3.11. The molecule has 144 valence electrons. The molecule has 0 spiro atoms. The number of alkyl halides is 3. The van der Waals surface area contributed by atoms with Gasteiger partial charge in [-0.2, -0.15) is 13.2 Å². The lowest BCUT2D eigenvalue weighted by molar-refractivity contribution is -0.384. The van der Waals surface area contributed by atoms with Crippen molar-refractivity contribution in [2.45, 2.75) is 12.7 Å². The third-order valence-electron chi connectivity index (χ3n) is 3.90. The largest absolute Gasteiger partial charge is 0.416 e.